The van der Waals surface area contributed by atoms with Crippen LogP contribution < -0.4 is 11.2 Å². The zero-order chi connectivity index (χ0) is 15.3. The van der Waals surface area contributed by atoms with Gasteiger partial charge in [-0.05, 0) is 18.1 Å². The molecule has 0 aromatic heterocycles. The highest BCUT2D eigenvalue weighted by atomic mass is 16.3. The molecule has 21 heavy (non-hydrogen) atoms. The van der Waals surface area contributed by atoms with E-state index >= 15 is 0 Å². The summed E-state index contributed by atoms with van der Waals surface area (Å²) in [5.41, 5.74) is 7.37. The number of hydrazone groups is 1. The molecule has 0 aliphatic rings. The number of nitrogens with zero attached hydrogens (tertiary/aromatic N) is 1. The smallest absolute Gasteiger partial charge is 0.332 e. The van der Waals surface area contributed by atoms with Crippen LogP contribution in [0.5, 0.6) is 0 Å². The highest BCUT2D eigenvalue weighted by Crippen LogP contribution is 2.31. The summed E-state index contributed by atoms with van der Waals surface area (Å²) in [6.45, 7) is 1.63. The van der Waals surface area contributed by atoms with Crippen LogP contribution in [0.15, 0.2) is 65.8 Å². The first-order valence-corrected chi connectivity index (χ1v) is 6.48. The van der Waals surface area contributed by atoms with Crippen LogP contribution in [0, 0.1) is 0 Å². The van der Waals surface area contributed by atoms with E-state index in [2.05, 4.69) is 10.5 Å². The van der Waals surface area contributed by atoms with Crippen LogP contribution in [0.3, 0.4) is 0 Å². The van der Waals surface area contributed by atoms with Gasteiger partial charge in [-0.3, -0.25) is 0 Å². The highest BCUT2D eigenvalue weighted by Gasteiger charge is 2.35. The molecule has 0 unspecified atom stereocenters. The van der Waals surface area contributed by atoms with E-state index in [4.69, 9.17) is 5.73 Å². The fourth-order valence-electron chi connectivity index (χ4n) is 2.16. The quantitative estimate of drug-likeness (QED) is 0.591. The maximum Gasteiger partial charge on any atom is 0.332 e. The fourth-order valence-corrected chi connectivity index (χ4v) is 2.16. The Bertz CT molecular complexity index is 600. The van der Waals surface area contributed by atoms with Crippen molar-refractivity contribution in [2.24, 2.45) is 10.8 Å². The molecule has 0 spiro atoms. The minimum absolute atomic E-state index is 0.318. The van der Waals surface area contributed by atoms with Crippen LogP contribution in [0.4, 0.5) is 4.79 Å². The van der Waals surface area contributed by atoms with Crippen LogP contribution in [0.2, 0.25) is 0 Å². The lowest BCUT2D eigenvalue weighted by Gasteiger charge is -2.29. The third-order valence-corrected chi connectivity index (χ3v) is 3.24. The second-order valence-corrected chi connectivity index (χ2v) is 4.62. The van der Waals surface area contributed by atoms with E-state index < -0.39 is 11.6 Å². The van der Waals surface area contributed by atoms with Gasteiger partial charge in [-0.2, -0.15) is 5.10 Å². The maximum absolute atomic E-state index is 11.2. The topological polar surface area (TPSA) is 87.7 Å². The van der Waals surface area contributed by atoms with Crippen LogP contribution in [0.1, 0.15) is 18.1 Å². The molecule has 2 amide bonds. The Hall–Kier alpha value is -2.66. The molecule has 0 saturated carbocycles. The van der Waals surface area contributed by atoms with Gasteiger partial charge in [0.05, 0.1) is 5.71 Å². The average Bonchev–Trinajstić information content (AvgIpc) is 2.53. The van der Waals surface area contributed by atoms with E-state index in [0.29, 0.717) is 16.8 Å². The number of primary amides is 1. The number of hydrogen-bond acceptors (Lipinski definition) is 3. The van der Waals surface area contributed by atoms with Crippen LogP contribution in [-0.2, 0) is 5.60 Å². The number of nitrogens with two attached hydrogens (primary N) is 1. The summed E-state index contributed by atoms with van der Waals surface area (Å²) in [6, 6.07) is 17.5. The lowest BCUT2D eigenvalue weighted by Crippen LogP contribution is -2.37. The number of rotatable bonds is 4. The SMILES string of the molecule is C/C(=N\NC(N)=O)C(O)(c1ccccc1)c1ccccc1. The molecule has 108 valence electrons. The summed E-state index contributed by atoms with van der Waals surface area (Å²) in [5, 5.41) is 15.1. The van der Waals surface area contributed by atoms with Crippen molar-refractivity contribution in [3.63, 3.8) is 0 Å². The normalized spacial score (nSPS) is 12.0. The first-order chi connectivity index (χ1) is 10.0. The number of carbonyl (C=O) groups is 1. The minimum atomic E-state index is -1.44. The second-order valence-electron chi connectivity index (χ2n) is 4.62. The van der Waals surface area contributed by atoms with E-state index in [1.807, 2.05) is 36.4 Å². The summed E-state index contributed by atoms with van der Waals surface area (Å²) in [6.07, 6.45) is 0. The lowest BCUT2D eigenvalue weighted by molar-refractivity contribution is 0.154. The zero-order valence-electron chi connectivity index (χ0n) is 11.7. The van der Waals surface area contributed by atoms with Gasteiger partial charge in [-0.15, -0.1) is 0 Å². The molecule has 2 aromatic rings. The molecule has 0 bridgehead atoms. The first kappa shape index (κ1) is 14.7. The third kappa shape index (κ3) is 3.09. The number of urea groups is 1. The number of hydrogen-bond donors (Lipinski definition) is 3. The van der Waals surface area contributed by atoms with E-state index in [1.165, 1.54) is 0 Å². The molecule has 0 heterocycles. The van der Waals surface area contributed by atoms with Gasteiger partial charge in [-0.25, -0.2) is 10.2 Å². The standard InChI is InChI=1S/C16H17N3O2/c1-12(18-19-15(17)20)16(21,13-8-4-2-5-9-13)14-10-6-3-7-11-14/h2-11,21H,1H3,(H3,17,19,20)/b18-12+. The molecule has 0 aliphatic heterocycles. The number of benzene rings is 2. The van der Waals surface area contributed by atoms with E-state index in [-0.39, 0.29) is 0 Å². The molecule has 0 radical (unpaired) electrons. The van der Waals surface area contributed by atoms with Crippen LogP contribution in [-0.4, -0.2) is 16.8 Å². The van der Waals surface area contributed by atoms with E-state index in [9.17, 15) is 9.90 Å². The molecule has 0 aliphatic carbocycles. The molecule has 5 heteroatoms. The van der Waals surface area contributed by atoms with Gasteiger partial charge < -0.3 is 10.8 Å². The van der Waals surface area contributed by atoms with Gasteiger partial charge in [0.25, 0.3) is 0 Å². The van der Waals surface area contributed by atoms with Crippen LogP contribution >= 0.6 is 0 Å². The Labute approximate surface area is 123 Å². The Balaban J connectivity index is 2.55. The van der Waals surface area contributed by atoms with Crippen molar-refractivity contribution in [1.82, 2.24) is 5.43 Å². The fraction of sp³-hybridized carbons (Fsp3) is 0.125. The van der Waals surface area contributed by atoms with Crippen molar-refractivity contribution in [2.45, 2.75) is 12.5 Å². The monoisotopic (exact) mass is 283 g/mol. The molecule has 0 atom stereocenters. The van der Waals surface area contributed by atoms with Gasteiger partial charge in [0.1, 0.15) is 0 Å². The zero-order valence-corrected chi connectivity index (χ0v) is 11.7. The number of amides is 2. The molecule has 2 rings (SSSR count). The van der Waals surface area contributed by atoms with Crippen molar-refractivity contribution in [2.75, 3.05) is 0 Å². The number of aliphatic hydroxyl groups is 1. The molecule has 4 N–H and O–H groups in total. The minimum Gasteiger partial charge on any atom is -0.375 e. The summed E-state index contributed by atoms with van der Waals surface area (Å²) < 4.78 is 0. The highest BCUT2D eigenvalue weighted by molar-refractivity contribution is 5.95. The van der Waals surface area contributed by atoms with Crippen molar-refractivity contribution in [1.29, 1.82) is 0 Å². The van der Waals surface area contributed by atoms with Gasteiger partial charge >= 0.3 is 6.03 Å². The van der Waals surface area contributed by atoms with Crippen molar-refractivity contribution in [3.05, 3.63) is 71.8 Å². The predicted octanol–water partition coefficient (Wildman–Crippen LogP) is 1.97. The van der Waals surface area contributed by atoms with E-state index in [1.54, 1.807) is 31.2 Å². The summed E-state index contributed by atoms with van der Waals surface area (Å²) in [4.78, 5) is 10.8. The summed E-state index contributed by atoms with van der Waals surface area (Å²) in [5.74, 6) is 0. The molecule has 2 aromatic carbocycles. The van der Waals surface area contributed by atoms with Crippen molar-refractivity contribution < 1.29 is 9.90 Å². The van der Waals surface area contributed by atoms with Crippen molar-refractivity contribution in [3.8, 4) is 0 Å². The third-order valence-electron chi connectivity index (χ3n) is 3.24. The molecule has 5 nitrogen and oxygen atoms in total. The summed E-state index contributed by atoms with van der Waals surface area (Å²) >= 11 is 0. The molecule has 0 fully saturated rings. The number of nitrogens with one attached hydrogen (secondary N) is 1. The Morgan fingerprint density at radius 2 is 1.48 bits per heavy atom. The largest absolute Gasteiger partial charge is 0.375 e. The second kappa shape index (κ2) is 6.19. The Kier molecular flexibility index (Phi) is 4.35. The first-order valence-electron chi connectivity index (χ1n) is 6.48. The predicted molar refractivity (Wildman–Crippen MR) is 81.7 cm³/mol. The maximum atomic E-state index is 11.2. The van der Waals surface area contributed by atoms with Crippen molar-refractivity contribution >= 4 is 11.7 Å². The van der Waals surface area contributed by atoms with E-state index in [0.717, 1.165) is 0 Å². The van der Waals surface area contributed by atoms with Gasteiger partial charge in [0.15, 0.2) is 5.60 Å². The van der Waals surface area contributed by atoms with Gasteiger partial charge in [0, 0.05) is 0 Å². The lowest BCUT2D eigenvalue weighted by atomic mass is 9.83. The molecular weight excluding hydrogens is 266 g/mol. The average molecular weight is 283 g/mol. The summed E-state index contributed by atoms with van der Waals surface area (Å²) in [7, 11) is 0. The molecule has 0 saturated heterocycles. The molecular formula is C16H17N3O2. The Morgan fingerprint density at radius 3 is 1.86 bits per heavy atom. The number of carbonyl (C=O) groups excluding carboxylic acids is 1. The Morgan fingerprint density at radius 1 is 1.05 bits per heavy atom. The van der Waals surface area contributed by atoms with Gasteiger partial charge in [-0.1, -0.05) is 60.7 Å². The van der Waals surface area contributed by atoms with Crippen LogP contribution in [0.25, 0.3) is 0 Å². The van der Waals surface area contributed by atoms with Gasteiger partial charge in [0.2, 0.25) is 0 Å².